The number of benzene rings is 2. The molecule has 0 saturated heterocycles. The van der Waals surface area contributed by atoms with E-state index in [-0.39, 0.29) is 11.7 Å². The van der Waals surface area contributed by atoms with Crippen molar-refractivity contribution in [3.8, 4) is 5.75 Å². The molecule has 0 bridgehead atoms. The maximum atomic E-state index is 12.9. The molecule has 30 heavy (non-hydrogen) atoms. The minimum absolute atomic E-state index is 0.184. The van der Waals surface area contributed by atoms with Crippen LogP contribution in [0.4, 0.5) is 4.39 Å². The number of hydrogen-bond donors (Lipinski definition) is 1. The molecule has 0 spiro atoms. The van der Waals surface area contributed by atoms with E-state index in [0.29, 0.717) is 45.0 Å². The molecule has 0 atom stereocenters. The third-order valence-electron chi connectivity index (χ3n) is 5.13. The number of ether oxygens (including phenoxy) is 1. The fourth-order valence-corrected chi connectivity index (χ4v) is 3.43. The third kappa shape index (κ3) is 5.95. The minimum Gasteiger partial charge on any atom is -0.492 e. The quantitative estimate of drug-likeness (QED) is 0.411. The van der Waals surface area contributed by atoms with Crippen LogP contribution in [0.25, 0.3) is 0 Å². The summed E-state index contributed by atoms with van der Waals surface area (Å²) in [6, 6.07) is 14.2. The third-order valence-corrected chi connectivity index (χ3v) is 5.13. The van der Waals surface area contributed by atoms with Gasteiger partial charge < -0.3 is 19.9 Å². The van der Waals surface area contributed by atoms with Crippen molar-refractivity contribution in [1.82, 2.24) is 15.1 Å². The molecule has 1 amide bonds. The first-order valence-electron chi connectivity index (χ1n) is 10.2. The van der Waals surface area contributed by atoms with E-state index in [0.717, 1.165) is 12.4 Å². The molecule has 2 aromatic carbocycles. The molecule has 7 heteroatoms. The number of nitrogens with zero attached hydrogens (tertiary/aromatic N) is 3. The summed E-state index contributed by atoms with van der Waals surface area (Å²) in [5, 5.41) is 3.29. The molecular formula is C23H29FN4O2. The number of amides is 1. The highest BCUT2D eigenvalue weighted by molar-refractivity contribution is 5.80. The molecule has 0 aliphatic carbocycles. The summed E-state index contributed by atoms with van der Waals surface area (Å²) < 4.78 is 18.6. The first-order valence-corrected chi connectivity index (χ1v) is 10.2. The SMILES string of the molecule is CN=C(NCCCC(=O)N1Cc2ccccc2C1)N(C)CCOc1ccc(F)cc1. The molecule has 1 N–H and O–H groups in total. The number of nitrogens with one attached hydrogen (secondary N) is 1. The summed E-state index contributed by atoms with van der Waals surface area (Å²) in [4.78, 5) is 20.6. The Bertz CT molecular complexity index is 845. The number of halogens is 1. The first-order chi connectivity index (χ1) is 14.6. The molecule has 6 nitrogen and oxygen atoms in total. The maximum absolute atomic E-state index is 12.9. The van der Waals surface area contributed by atoms with Crippen LogP contribution in [0.3, 0.4) is 0 Å². The van der Waals surface area contributed by atoms with Gasteiger partial charge in [-0.1, -0.05) is 24.3 Å². The van der Waals surface area contributed by atoms with E-state index in [1.54, 1.807) is 19.2 Å². The topological polar surface area (TPSA) is 57.2 Å². The summed E-state index contributed by atoms with van der Waals surface area (Å²) in [7, 11) is 3.65. The summed E-state index contributed by atoms with van der Waals surface area (Å²) in [5.74, 6) is 1.29. The highest BCUT2D eigenvalue weighted by atomic mass is 19.1. The lowest BCUT2D eigenvalue weighted by molar-refractivity contribution is -0.131. The van der Waals surface area contributed by atoms with Crippen LogP contribution < -0.4 is 10.1 Å². The summed E-state index contributed by atoms with van der Waals surface area (Å²) in [6.45, 7) is 3.17. The van der Waals surface area contributed by atoms with Gasteiger partial charge in [-0.25, -0.2) is 4.39 Å². The van der Waals surface area contributed by atoms with Gasteiger partial charge in [0.25, 0.3) is 0 Å². The molecule has 0 saturated carbocycles. The molecule has 0 fully saturated rings. The van der Waals surface area contributed by atoms with Crippen molar-refractivity contribution in [3.05, 3.63) is 65.5 Å². The lowest BCUT2D eigenvalue weighted by Gasteiger charge is -2.22. The average molecular weight is 413 g/mol. The summed E-state index contributed by atoms with van der Waals surface area (Å²) in [6.07, 6.45) is 1.25. The molecule has 0 radical (unpaired) electrons. The molecule has 160 valence electrons. The number of guanidine groups is 1. The zero-order chi connectivity index (χ0) is 21.3. The summed E-state index contributed by atoms with van der Waals surface area (Å²) in [5.41, 5.74) is 2.49. The van der Waals surface area contributed by atoms with E-state index < -0.39 is 0 Å². The van der Waals surface area contributed by atoms with Crippen molar-refractivity contribution < 1.29 is 13.9 Å². The van der Waals surface area contributed by atoms with Gasteiger partial charge in [0.2, 0.25) is 5.91 Å². The van der Waals surface area contributed by atoms with Crippen molar-refractivity contribution in [2.24, 2.45) is 4.99 Å². The average Bonchev–Trinajstić information content (AvgIpc) is 3.19. The standard InChI is InChI=1S/C23H29FN4O2/c1-25-23(27(2)14-15-30-21-11-9-20(24)10-12-21)26-13-5-8-22(29)28-16-18-6-3-4-7-19(18)17-28/h3-4,6-7,9-12H,5,8,13-17H2,1-2H3,(H,25,26). The van der Waals surface area contributed by atoms with E-state index in [1.807, 2.05) is 29.0 Å². The molecule has 3 rings (SSSR count). The largest absolute Gasteiger partial charge is 0.492 e. The molecule has 0 aromatic heterocycles. The van der Waals surface area contributed by atoms with Gasteiger partial charge in [-0.3, -0.25) is 9.79 Å². The predicted octanol–water partition coefficient (Wildman–Crippen LogP) is 3.03. The van der Waals surface area contributed by atoms with Gasteiger partial charge in [-0.15, -0.1) is 0 Å². The van der Waals surface area contributed by atoms with Gasteiger partial charge in [-0.05, 0) is 41.8 Å². The fourth-order valence-electron chi connectivity index (χ4n) is 3.43. The normalized spacial score (nSPS) is 13.2. The van der Waals surface area contributed by atoms with Gasteiger partial charge in [0.05, 0.1) is 6.54 Å². The highest BCUT2D eigenvalue weighted by Gasteiger charge is 2.22. The van der Waals surface area contributed by atoms with Crippen molar-refractivity contribution in [2.75, 3.05) is 33.8 Å². The van der Waals surface area contributed by atoms with Crippen molar-refractivity contribution in [3.63, 3.8) is 0 Å². The van der Waals surface area contributed by atoms with Crippen molar-refractivity contribution in [1.29, 1.82) is 0 Å². The molecule has 1 aliphatic heterocycles. The lowest BCUT2D eigenvalue weighted by Crippen LogP contribution is -2.41. The monoisotopic (exact) mass is 412 g/mol. The van der Waals surface area contributed by atoms with Crippen LogP contribution in [-0.4, -0.2) is 55.5 Å². The van der Waals surface area contributed by atoms with Gasteiger partial charge in [0.1, 0.15) is 18.2 Å². The fraction of sp³-hybridized carbons (Fsp3) is 0.391. The number of fused-ring (bicyclic) bond motifs is 1. The second kappa shape index (κ2) is 10.6. The molecule has 1 aliphatic rings. The van der Waals surface area contributed by atoms with E-state index in [9.17, 15) is 9.18 Å². The number of likely N-dealkylation sites (N-methyl/N-ethyl adjacent to an activating group) is 1. The van der Waals surface area contributed by atoms with Crippen LogP contribution >= 0.6 is 0 Å². The number of carbonyl (C=O) groups is 1. The Labute approximate surface area is 177 Å². The van der Waals surface area contributed by atoms with E-state index in [4.69, 9.17) is 4.74 Å². The maximum Gasteiger partial charge on any atom is 0.223 e. The van der Waals surface area contributed by atoms with E-state index in [2.05, 4.69) is 22.4 Å². The van der Waals surface area contributed by atoms with Crippen molar-refractivity contribution in [2.45, 2.75) is 25.9 Å². The lowest BCUT2D eigenvalue weighted by atomic mass is 10.1. The zero-order valence-corrected chi connectivity index (χ0v) is 17.6. The smallest absolute Gasteiger partial charge is 0.223 e. The van der Waals surface area contributed by atoms with Gasteiger partial charge in [-0.2, -0.15) is 0 Å². The van der Waals surface area contributed by atoms with Crippen LogP contribution in [-0.2, 0) is 17.9 Å². The number of hydrogen-bond acceptors (Lipinski definition) is 3. The van der Waals surface area contributed by atoms with E-state index >= 15 is 0 Å². The van der Waals surface area contributed by atoms with Crippen LogP contribution in [0.1, 0.15) is 24.0 Å². The Morgan fingerprint density at radius 2 is 1.83 bits per heavy atom. The van der Waals surface area contributed by atoms with Gasteiger partial charge >= 0.3 is 0 Å². The Kier molecular flexibility index (Phi) is 7.65. The number of aliphatic imine (C=N–C) groups is 1. The predicted molar refractivity (Wildman–Crippen MR) is 116 cm³/mol. The molecule has 1 heterocycles. The van der Waals surface area contributed by atoms with Crippen LogP contribution in [0, 0.1) is 5.82 Å². The first kappa shape index (κ1) is 21.6. The molecular weight excluding hydrogens is 383 g/mol. The highest BCUT2D eigenvalue weighted by Crippen LogP contribution is 2.22. The summed E-state index contributed by atoms with van der Waals surface area (Å²) >= 11 is 0. The van der Waals surface area contributed by atoms with Crippen LogP contribution in [0.2, 0.25) is 0 Å². The van der Waals surface area contributed by atoms with Crippen LogP contribution in [0.15, 0.2) is 53.5 Å². The number of rotatable bonds is 8. The Morgan fingerprint density at radius 3 is 2.47 bits per heavy atom. The Balaban J connectivity index is 1.33. The minimum atomic E-state index is -0.281. The Morgan fingerprint density at radius 1 is 1.17 bits per heavy atom. The Hall–Kier alpha value is -3.09. The van der Waals surface area contributed by atoms with E-state index in [1.165, 1.54) is 23.3 Å². The van der Waals surface area contributed by atoms with Gasteiger partial charge in [0.15, 0.2) is 5.96 Å². The molecule has 0 unspecified atom stereocenters. The second-order valence-electron chi connectivity index (χ2n) is 7.32. The second-order valence-corrected chi connectivity index (χ2v) is 7.32. The van der Waals surface area contributed by atoms with Gasteiger partial charge in [0, 0.05) is 40.2 Å². The zero-order valence-electron chi connectivity index (χ0n) is 17.6. The van der Waals surface area contributed by atoms with Crippen molar-refractivity contribution >= 4 is 11.9 Å². The molecule has 2 aromatic rings. The van der Waals surface area contributed by atoms with Crippen LogP contribution in [0.5, 0.6) is 5.75 Å². The number of carbonyl (C=O) groups excluding carboxylic acids is 1.